The van der Waals surface area contributed by atoms with Crippen molar-refractivity contribution in [3.05, 3.63) is 33.8 Å². The van der Waals surface area contributed by atoms with E-state index in [2.05, 4.69) is 20.2 Å². The van der Waals surface area contributed by atoms with Crippen molar-refractivity contribution in [2.24, 2.45) is 5.92 Å². The van der Waals surface area contributed by atoms with Crippen molar-refractivity contribution >= 4 is 46.5 Å². The molecule has 10 nitrogen and oxygen atoms in total. The molecule has 2 aromatic rings. The molecule has 3 aliphatic heterocycles. The molecule has 5 rings (SSSR count). The Morgan fingerprint density at radius 1 is 1.12 bits per heavy atom. The first kappa shape index (κ1) is 22.5. The monoisotopic (exact) mass is 482 g/mol. The summed E-state index contributed by atoms with van der Waals surface area (Å²) in [5.41, 5.74) is 4.11. The van der Waals surface area contributed by atoms with Gasteiger partial charge in [-0.3, -0.25) is 19.2 Å². The molecule has 0 radical (unpaired) electrons. The number of rotatable bonds is 4. The molecule has 0 saturated carbocycles. The predicted molar refractivity (Wildman–Crippen MR) is 126 cm³/mol. The quantitative estimate of drug-likeness (QED) is 0.633. The molecule has 11 heteroatoms. The van der Waals surface area contributed by atoms with Crippen molar-refractivity contribution in [3.8, 4) is 0 Å². The van der Waals surface area contributed by atoms with Crippen LogP contribution in [0.1, 0.15) is 45.8 Å². The Hall–Kier alpha value is -3.34. The zero-order valence-electron chi connectivity index (χ0n) is 18.9. The fourth-order valence-electron chi connectivity index (χ4n) is 4.97. The SMILES string of the molecule is Cc1nnsc1C(=O)N1CCC(CNC(=O)C(=O)Nc2cc3c4c(c2)CC(=O)N4CCC3)CC1. The van der Waals surface area contributed by atoms with Gasteiger partial charge in [-0.15, -0.1) is 5.10 Å². The number of likely N-dealkylation sites (tertiary alicyclic amines) is 1. The van der Waals surface area contributed by atoms with Crippen LogP contribution in [-0.2, 0) is 27.2 Å². The number of aryl methyl sites for hydroxylation is 2. The number of piperidine rings is 1. The topological polar surface area (TPSA) is 125 Å². The van der Waals surface area contributed by atoms with E-state index >= 15 is 0 Å². The molecule has 1 aromatic heterocycles. The summed E-state index contributed by atoms with van der Waals surface area (Å²) in [5.74, 6) is -1.17. The van der Waals surface area contributed by atoms with Crippen molar-refractivity contribution in [1.82, 2.24) is 19.8 Å². The van der Waals surface area contributed by atoms with E-state index in [0.29, 0.717) is 42.3 Å². The van der Waals surface area contributed by atoms with Crippen molar-refractivity contribution in [3.63, 3.8) is 0 Å². The Balaban J connectivity index is 1.11. The second-order valence-corrected chi connectivity index (χ2v) is 9.81. The summed E-state index contributed by atoms with van der Waals surface area (Å²) in [6.07, 6.45) is 3.57. The zero-order valence-corrected chi connectivity index (χ0v) is 19.7. The van der Waals surface area contributed by atoms with Crippen LogP contribution in [0.5, 0.6) is 0 Å². The van der Waals surface area contributed by atoms with E-state index in [9.17, 15) is 19.2 Å². The molecule has 4 heterocycles. The van der Waals surface area contributed by atoms with Gasteiger partial charge in [0, 0.05) is 31.9 Å². The van der Waals surface area contributed by atoms with E-state index < -0.39 is 11.8 Å². The van der Waals surface area contributed by atoms with Crippen LogP contribution in [0.3, 0.4) is 0 Å². The largest absolute Gasteiger partial charge is 0.348 e. The third-order valence-electron chi connectivity index (χ3n) is 6.77. The molecule has 1 aromatic carbocycles. The number of carbonyl (C=O) groups excluding carboxylic acids is 4. The molecule has 0 unspecified atom stereocenters. The van der Waals surface area contributed by atoms with Gasteiger partial charge in [-0.05, 0) is 73.3 Å². The second kappa shape index (κ2) is 9.13. The van der Waals surface area contributed by atoms with Crippen LogP contribution >= 0.6 is 11.5 Å². The van der Waals surface area contributed by atoms with Crippen LogP contribution in [0.4, 0.5) is 11.4 Å². The second-order valence-electron chi connectivity index (χ2n) is 9.06. The highest BCUT2D eigenvalue weighted by Gasteiger charge is 2.33. The molecule has 178 valence electrons. The molecule has 0 atom stereocenters. The van der Waals surface area contributed by atoms with Crippen LogP contribution < -0.4 is 15.5 Å². The van der Waals surface area contributed by atoms with Crippen LogP contribution in [0.2, 0.25) is 0 Å². The van der Waals surface area contributed by atoms with Gasteiger partial charge in [-0.2, -0.15) is 0 Å². The lowest BCUT2D eigenvalue weighted by atomic mass is 9.96. The Bertz CT molecular complexity index is 1170. The first-order valence-electron chi connectivity index (χ1n) is 11.5. The Labute approximate surface area is 200 Å². The van der Waals surface area contributed by atoms with Gasteiger partial charge < -0.3 is 20.4 Å². The van der Waals surface area contributed by atoms with E-state index in [1.54, 1.807) is 17.9 Å². The van der Waals surface area contributed by atoms with E-state index in [1.165, 1.54) is 0 Å². The van der Waals surface area contributed by atoms with Gasteiger partial charge >= 0.3 is 11.8 Å². The average Bonchev–Trinajstić information content (AvgIpc) is 3.41. The van der Waals surface area contributed by atoms with Gasteiger partial charge in [0.1, 0.15) is 4.88 Å². The summed E-state index contributed by atoms with van der Waals surface area (Å²) in [6.45, 7) is 4.08. The van der Waals surface area contributed by atoms with E-state index in [0.717, 1.165) is 60.6 Å². The number of hydrogen-bond acceptors (Lipinski definition) is 7. The lowest BCUT2D eigenvalue weighted by Gasteiger charge is -2.31. The Morgan fingerprint density at radius 3 is 2.62 bits per heavy atom. The Kier molecular flexibility index (Phi) is 6.03. The highest BCUT2D eigenvalue weighted by atomic mass is 32.1. The molecule has 4 amide bonds. The molecule has 0 aliphatic carbocycles. The van der Waals surface area contributed by atoms with Crippen molar-refractivity contribution in [2.75, 3.05) is 36.4 Å². The first-order valence-corrected chi connectivity index (χ1v) is 12.3. The van der Waals surface area contributed by atoms with Gasteiger partial charge in [0.15, 0.2) is 0 Å². The summed E-state index contributed by atoms with van der Waals surface area (Å²) >= 11 is 1.11. The molecule has 34 heavy (non-hydrogen) atoms. The van der Waals surface area contributed by atoms with E-state index in [-0.39, 0.29) is 17.7 Å². The first-order chi connectivity index (χ1) is 16.4. The van der Waals surface area contributed by atoms with Crippen LogP contribution in [0.15, 0.2) is 12.1 Å². The number of nitrogens with zero attached hydrogens (tertiary/aromatic N) is 4. The number of benzene rings is 1. The number of carbonyl (C=O) groups is 4. The maximum Gasteiger partial charge on any atom is 0.313 e. The van der Waals surface area contributed by atoms with Crippen LogP contribution in [0, 0.1) is 12.8 Å². The fraction of sp³-hybridized carbons (Fsp3) is 0.478. The van der Waals surface area contributed by atoms with Gasteiger partial charge in [-0.25, -0.2) is 0 Å². The van der Waals surface area contributed by atoms with E-state index in [4.69, 9.17) is 0 Å². The third-order valence-corrected chi connectivity index (χ3v) is 7.59. The minimum Gasteiger partial charge on any atom is -0.348 e. The molecule has 2 N–H and O–H groups in total. The number of aromatic nitrogens is 2. The highest BCUT2D eigenvalue weighted by molar-refractivity contribution is 7.07. The van der Waals surface area contributed by atoms with Crippen molar-refractivity contribution < 1.29 is 19.2 Å². The summed E-state index contributed by atoms with van der Waals surface area (Å²) < 4.78 is 3.83. The van der Waals surface area contributed by atoms with Gasteiger partial charge in [0.2, 0.25) is 5.91 Å². The Morgan fingerprint density at radius 2 is 1.88 bits per heavy atom. The molecule has 3 aliphatic rings. The molecule has 0 spiro atoms. The van der Waals surface area contributed by atoms with Gasteiger partial charge in [0.05, 0.1) is 17.8 Å². The zero-order chi connectivity index (χ0) is 23.8. The predicted octanol–water partition coefficient (Wildman–Crippen LogP) is 1.29. The fourth-order valence-corrected chi connectivity index (χ4v) is 5.59. The van der Waals surface area contributed by atoms with Crippen molar-refractivity contribution in [1.29, 1.82) is 0 Å². The number of anilines is 2. The molecular formula is C23H26N6O4S. The van der Waals surface area contributed by atoms with Crippen LogP contribution in [-0.4, -0.2) is 64.3 Å². The summed E-state index contributed by atoms with van der Waals surface area (Å²) in [7, 11) is 0. The molecule has 0 bridgehead atoms. The number of hydrogen-bond donors (Lipinski definition) is 2. The van der Waals surface area contributed by atoms with Crippen LogP contribution in [0.25, 0.3) is 0 Å². The summed E-state index contributed by atoms with van der Waals surface area (Å²) in [4.78, 5) is 53.8. The third kappa shape index (κ3) is 4.27. The number of nitrogens with one attached hydrogen (secondary N) is 2. The molecule has 1 saturated heterocycles. The molecular weight excluding hydrogens is 456 g/mol. The maximum absolute atomic E-state index is 12.6. The normalized spacial score (nSPS) is 17.5. The highest BCUT2D eigenvalue weighted by Crippen LogP contribution is 2.38. The molecule has 1 fully saturated rings. The maximum atomic E-state index is 12.6. The lowest BCUT2D eigenvalue weighted by Crippen LogP contribution is -2.43. The van der Waals surface area contributed by atoms with E-state index in [1.807, 2.05) is 11.0 Å². The van der Waals surface area contributed by atoms with Gasteiger partial charge in [0.25, 0.3) is 5.91 Å². The van der Waals surface area contributed by atoms with Crippen molar-refractivity contribution in [2.45, 2.75) is 39.0 Å². The summed E-state index contributed by atoms with van der Waals surface area (Å²) in [5, 5.41) is 9.31. The smallest absolute Gasteiger partial charge is 0.313 e. The minimum atomic E-state index is -0.718. The van der Waals surface area contributed by atoms with Gasteiger partial charge in [-0.1, -0.05) is 4.49 Å². The standard InChI is InChI=1S/C23H26N6O4S/c1-13-20(34-27-26-13)23(33)28-7-4-14(5-8-28)12-24-21(31)22(32)25-17-9-15-3-2-6-29-18(30)11-16(10-17)19(15)29/h9-10,14H,2-8,11-12H2,1H3,(H,24,31)(H,25,32). The minimum absolute atomic E-state index is 0.0486. The average molecular weight is 483 g/mol. The summed E-state index contributed by atoms with van der Waals surface area (Å²) in [6, 6.07) is 3.65. The number of amides is 4. The lowest BCUT2D eigenvalue weighted by molar-refractivity contribution is -0.136.